The third-order valence-corrected chi connectivity index (χ3v) is 3.27. The topological polar surface area (TPSA) is 77.8 Å². The third-order valence-electron chi connectivity index (χ3n) is 3.27. The highest BCUT2D eigenvalue weighted by Crippen LogP contribution is 2.42. The minimum atomic E-state index is -2.18. The van der Waals surface area contributed by atoms with E-state index in [4.69, 9.17) is 0 Å². The molecule has 3 rings (SSSR count). The minimum absolute atomic E-state index is 0.0330. The maximum Gasteiger partial charge on any atom is 0.344 e. The average Bonchev–Trinajstić information content (AvgIpc) is 2.35. The van der Waals surface area contributed by atoms with Gasteiger partial charge in [-0.25, -0.2) is 4.79 Å². The van der Waals surface area contributed by atoms with E-state index in [1.165, 1.54) is 12.1 Å². The predicted molar refractivity (Wildman–Crippen MR) is 66.2 cm³/mol. The molecule has 3 N–H and O–H groups in total. The first-order valence-electron chi connectivity index (χ1n) is 5.44. The van der Waals surface area contributed by atoms with Crippen molar-refractivity contribution in [2.45, 2.75) is 5.60 Å². The number of benzene rings is 2. The van der Waals surface area contributed by atoms with Crippen LogP contribution in [0, 0.1) is 0 Å². The highest BCUT2D eigenvalue weighted by Gasteiger charge is 2.41. The number of aliphatic carboxylic acids is 1. The lowest BCUT2D eigenvalue weighted by Gasteiger charge is -2.26. The summed E-state index contributed by atoms with van der Waals surface area (Å²) in [5.41, 5.74) is -1.37. The van der Waals surface area contributed by atoms with Crippen LogP contribution < -0.4 is 0 Å². The molecule has 0 saturated carbocycles. The lowest BCUT2D eigenvalue weighted by molar-refractivity contribution is -0.154. The van der Waals surface area contributed by atoms with E-state index in [9.17, 15) is 20.1 Å². The molecule has 90 valence electrons. The van der Waals surface area contributed by atoms with Crippen LogP contribution in [0.15, 0.2) is 36.4 Å². The fourth-order valence-electron chi connectivity index (χ4n) is 2.39. The number of phenols is 1. The van der Waals surface area contributed by atoms with Gasteiger partial charge in [-0.05, 0) is 28.5 Å². The second-order valence-electron chi connectivity index (χ2n) is 4.31. The maximum absolute atomic E-state index is 11.3. The molecule has 0 aromatic heterocycles. The second-order valence-corrected chi connectivity index (χ2v) is 4.31. The lowest BCUT2D eigenvalue weighted by atomic mass is 9.82. The molecule has 2 aromatic rings. The number of carbonyl (C=O) groups is 1. The molecular weight excluding hydrogens is 232 g/mol. The van der Waals surface area contributed by atoms with Crippen molar-refractivity contribution in [2.75, 3.05) is 0 Å². The summed E-state index contributed by atoms with van der Waals surface area (Å²) in [5.74, 6) is -1.62. The number of aromatic hydroxyl groups is 1. The Morgan fingerprint density at radius 1 is 1.17 bits per heavy atom. The summed E-state index contributed by atoms with van der Waals surface area (Å²) in [6.45, 7) is 0. The van der Waals surface area contributed by atoms with Crippen LogP contribution in [0.2, 0.25) is 0 Å². The number of hydrogen-bond acceptors (Lipinski definition) is 3. The van der Waals surface area contributed by atoms with Gasteiger partial charge in [0.05, 0.1) is 0 Å². The summed E-state index contributed by atoms with van der Waals surface area (Å²) in [7, 11) is 0. The van der Waals surface area contributed by atoms with Gasteiger partial charge in [0, 0.05) is 5.56 Å². The molecule has 0 amide bonds. The van der Waals surface area contributed by atoms with Gasteiger partial charge in [0.15, 0.2) is 0 Å². The standard InChI is InChI=1S/C14H10O4/c15-10-5-4-8-2-1-3-9-6-7-14(18,13(16)17)12(10)11(8)9/h1-7,15,18H,(H,16,17). The van der Waals surface area contributed by atoms with Crippen LogP contribution in [-0.4, -0.2) is 21.3 Å². The van der Waals surface area contributed by atoms with E-state index in [2.05, 4.69) is 0 Å². The molecule has 0 fully saturated rings. The summed E-state index contributed by atoms with van der Waals surface area (Å²) in [4.78, 5) is 11.3. The Hall–Kier alpha value is -2.33. The summed E-state index contributed by atoms with van der Waals surface area (Å²) in [6, 6.07) is 8.55. The van der Waals surface area contributed by atoms with Gasteiger partial charge in [0.1, 0.15) is 5.75 Å². The van der Waals surface area contributed by atoms with Crippen LogP contribution in [0.3, 0.4) is 0 Å². The van der Waals surface area contributed by atoms with Crippen molar-refractivity contribution < 1.29 is 20.1 Å². The number of carboxylic acid groups (broad SMARTS) is 1. The van der Waals surface area contributed by atoms with Crippen molar-refractivity contribution in [3.8, 4) is 5.75 Å². The fourth-order valence-corrected chi connectivity index (χ4v) is 2.39. The molecule has 1 aliphatic rings. The Kier molecular flexibility index (Phi) is 2.00. The molecule has 0 heterocycles. The van der Waals surface area contributed by atoms with Crippen LogP contribution in [0.4, 0.5) is 0 Å². The van der Waals surface area contributed by atoms with Gasteiger partial charge in [0.25, 0.3) is 0 Å². The van der Waals surface area contributed by atoms with Crippen molar-refractivity contribution in [2.24, 2.45) is 0 Å². The van der Waals surface area contributed by atoms with E-state index in [1.54, 1.807) is 12.1 Å². The zero-order valence-electron chi connectivity index (χ0n) is 9.29. The summed E-state index contributed by atoms with van der Waals surface area (Å²) in [5, 5.41) is 30.7. The molecule has 0 aliphatic heterocycles. The van der Waals surface area contributed by atoms with E-state index < -0.39 is 11.6 Å². The first kappa shape index (κ1) is 10.8. The Morgan fingerprint density at radius 2 is 1.94 bits per heavy atom. The van der Waals surface area contributed by atoms with Crippen molar-refractivity contribution in [3.63, 3.8) is 0 Å². The maximum atomic E-state index is 11.3. The molecule has 1 unspecified atom stereocenters. The van der Waals surface area contributed by atoms with Crippen molar-refractivity contribution >= 4 is 22.8 Å². The third kappa shape index (κ3) is 1.21. The molecule has 0 bridgehead atoms. The normalized spacial score (nSPS) is 21.2. The Morgan fingerprint density at radius 3 is 2.67 bits per heavy atom. The average molecular weight is 242 g/mol. The summed E-state index contributed by atoms with van der Waals surface area (Å²) >= 11 is 0. The van der Waals surface area contributed by atoms with E-state index in [0.717, 1.165) is 10.9 Å². The number of aliphatic hydroxyl groups is 1. The van der Waals surface area contributed by atoms with Crippen molar-refractivity contribution in [1.82, 2.24) is 0 Å². The molecule has 0 spiro atoms. The minimum Gasteiger partial charge on any atom is -0.508 e. The first-order chi connectivity index (χ1) is 8.54. The number of rotatable bonds is 1. The van der Waals surface area contributed by atoms with Crippen molar-refractivity contribution in [3.05, 3.63) is 47.5 Å². The molecule has 4 nitrogen and oxygen atoms in total. The highest BCUT2D eigenvalue weighted by atomic mass is 16.4. The molecule has 18 heavy (non-hydrogen) atoms. The quantitative estimate of drug-likeness (QED) is 0.713. The molecule has 0 saturated heterocycles. The van der Waals surface area contributed by atoms with E-state index >= 15 is 0 Å². The summed E-state index contributed by atoms with van der Waals surface area (Å²) < 4.78 is 0. The lowest BCUT2D eigenvalue weighted by Crippen LogP contribution is -2.34. The van der Waals surface area contributed by atoms with Crippen LogP contribution in [0.25, 0.3) is 16.8 Å². The first-order valence-corrected chi connectivity index (χ1v) is 5.44. The zero-order chi connectivity index (χ0) is 12.9. The zero-order valence-corrected chi connectivity index (χ0v) is 9.29. The fraction of sp³-hybridized carbons (Fsp3) is 0.0714. The highest BCUT2D eigenvalue weighted by molar-refractivity contribution is 6.02. The van der Waals surface area contributed by atoms with Gasteiger partial charge in [-0.3, -0.25) is 0 Å². The van der Waals surface area contributed by atoms with Crippen LogP contribution in [0.1, 0.15) is 11.1 Å². The van der Waals surface area contributed by atoms with Crippen LogP contribution in [0.5, 0.6) is 5.75 Å². The Balaban J connectivity index is 2.51. The molecule has 2 aromatic carbocycles. The van der Waals surface area contributed by atoms with Crippen molar-refractivity contribution in [1.29, 1.82) is 0 Å². The predicted octanol–water partition coefficient (Wildman–Crippen LogP) is 1.84. The molecule has 1 aliphatic carbocycles. The molecule has 0 radical (unpaired) electrons. The van der Waals surface area contributed by atoms with Gasteiger partial charge in [-0.15, -0.1) is 0 Å². The monoisotopic (exact) mass is 242 g/mol. The molecule has 1 atom stereocenters. The SMILES string of the molecule is O=C(O)C1(O)C=Cc2cccc3ccc(O)c1c23. The van der Waals surface area contributed by atoms with Crippen LogP contribution in [-0.2, 0) is 10.4 Å². The van der Waals surface area contributed by atoms with Gasteiger partial charge >= 0.3 is 5.97 Å². The molecule has 4 heteroatoms. The second kappa shape index (κ2) is 3.34. The molecular formula is C14H10O4. The number of phenolic OH excluding ortho intramolecular Hbond substituents is 1. The van der Waals surface area contributed by atoms with Crippen LogP contribution >= 0.6 is 0 Å². The van der Waals surface area contributed by atoms with Gasteiger partial charge < -0.3 is 15.3 Å². The smallest absolute Gasteiger partial charge is 0.344 e. The summed E-state index contributed by atoms with van der Waals surface area (Å²) in [6.07, 6.45) is 2.75. The largest absolute Gasteiger partial charge is 0.508 e. The van der Waals surface area contributed by atoms with Gasteiger partial charge in [-0.1, -0.05) is 30.3 Å². The van der Waals surface area contributed by atoms with E-state index in [0.29, 0.717) is 5.39 Å². The number of hydrogen-bond donors (Lipinski definition) is 3. The van der Waals surface area contributed by atoms with Gasteiger partial charge in [0.2, 0.25) is 5.60 Å². The Bertz CT molecular complexity index is 702. The van der Waals surface area contributed by atoms with Gasteiger partial charge in [-0.2, -0.15) is 0 Å². The Labute approximate surface area is 102 Å². The van der Waals surface area contributed by atoms with E-state index in [1.807, 2.05) is 18.2 Å². The van der Waals surface area contributed by atoms with E-state index in [-0.39, 0.29) is 11.3 Å². The number of carboxylic acids is 1.